The summed E-state index contributed by atoms with van der Waals surface area (Å²) in [6, 6.07) is 16.6. The smallest absolute Gasteiger partial charge is 0.196 e. The zero-order valence-electron chi connectivity index (χ0n) is 16.6. The fraction of sp³-hybridized carbons (Fsp3) is 0.240. The normalized spacial score (nSPS) is 11.4. The number of aromatic nitrogens is 1. The van der Waals surface area contributed by atoms with Gasteiger partial charge in [0.15, 0.2) is 5.78 Å². The van der Waals surface area contributed by atoms with E-state index in [-0.39, 0.29) is 11.6 Å². The number of rotatable bonds is 6. The molecule has 4 rings (SSSR count). The van der Waals surface area contributed by atoms with Gasteiger partial charge in [-0.2, -0.15) is 0 Å². The molecule has 0 unspecified atom stereocenters. The van der Waals surface area contributed by atoms with Crippen LogP contribution in [-0.4, -0.2) is 10.4 Å². The van der Waals surface area contributed by atoms with Gasteiger partial charge in [0.1, 0.15) is 5.82 Å². The number of aryl methyl sites for hydroxylation is 1. The van der Waals surface area contributed by atoms with Crippen LogP contribution in [0.3, 0.4) is 0 Å². The highest BCUT2D eigenvalue weighted by Gasteiger charge is 2.24. The van der Waals surface area contributed by atoms with Gasteiger partial charge in [0.25, 0.3) is 0 Å². The summed E-state index contributed by atoms with van der Waals surface area (Å²) in [5.74, 6) is -0.335. The molecule has 0 spiro atoms. The van der Waals surface area contributed by atoms with Crippen LogP contribution < -0.4 is 0 Å². The van der Waals surface area contributed by atoms with E-state index in [0.717, 1.165) is 40.2 Å². The Morgan fingerprint density at radius 2 is 1.69 bits per heavy atom. The first-order valence-electron chi connectivity index (χ1n) is 10.0. The van der Waals surface area contributed by atoms with E-state index in [9.17, 15) is 9.18 Å². The molecule has 0 saturated heterocycles. The molecule has 4 heteroatoms. The maximum Gasteiger partial charge on any atom is 0.196 e. The minimum absolute atomic E-state index is 0.0592. The molecule has 0 aliphatic carbocycles. The molecule has 0 bridgehead atoms. The Hall–Kier alpha value is -2.46. The first-order valence-corrected chi connectivity index (χ1v) is 10.8. The van der Waals surface area contributed by atoms with Crippen molar-refractivity contribution in [3.8, 4) is 0 Å². The molecular formula is C25H23BrFNO. The topological polar surface area (TPSA) is 22.0 Å². The van der Waals surface area contributed by atoms with Crippen LogP contribution in [0.5, 0.6) is 0 Å². The van der Waals surface area contributed by atoms with Crippen molar-refractivity contribution in [2.75, 3.05) is 0 Å². The minimum atomic E-state index is -0.276. The molecule has 0 aliphatic heterocycles. The Kier molecular flexibility index (Phi) is 5.55. The van der Waals surface area contributed by atoms with E-state index >= 15 is 0 Å². The fourth-order valence-corrected chi connectivity index (χ4v) is 4.65. The lowest BCUT2D eigenvalue weighted by Crippen LogP contribution is -2.06. The molecule has 0 saturated carbocycles. The van der Waals surface area contributed by atoms with Crippen molar-refractivity contribution in [3.05, 3.63) is 81.7 Å². The Labute approximate surface area is 178 Å². The van der Waals surface area contributed by atoms with Crippen LogP contribution in [0.2, 0.25) is 0 Å². The number of hydrogen-bond acceptors (Lipinski definition) is 1. The second-order valence-corrected chi connectivity index (χ2v) is 8.28. The summed E-state index contributed by atoms with van der Waals surface area (Å²) in [6.45, 7) is 4.79. The fourth-order valence-electron chi connectivity index (χ4n) is 4.17. The zero-order chi connectivity index (χ0) is 20.5. The van der Waals surface area contributed by atoms with E-state index < -0.39 is 0 Å². The van der Waals surface area contributed by atoms with Gasteiger partial charge in [-0.25, -0.2) is 4.39 Å². The summed E-state index contributed by atoms with van der Waals surface area (Å²) in [7, 11) is 0. The van der Waals surface area contributed by atoms with Crippen LogP contribution in [0.1, 0.15) is 47.8 Å². The summed E-state index contributed by atoms with van der Waals surface area (Å²) in [6.07, 6.45) is 3.13. The molecule has 3 aromatic carbocycles. The van der Waals surface area contributed by atoms with Gasteiger partial charge in [-0.15, -0.1) is 0 Å². The third kappa shape index (κ3) is 3.40. The van der Waals surface area contributed by atoms with Gasteiger partial charge in [-0.1, -0.05) is 72.1 Å². The number of para-hydroxylation sites is 1. The van der Waals surface area contributed by atoms with Crippen molar-refractivity contribution in [1.29, 1.82) is 0 Å². The van der Waals surface area contributed by atoms with E-state index in [1.165, 1.54) is 6.07 Å². The monoisotopic (exact) mass is 451 g/mol. The predicted molar refractivity (Wildman–Crippen MR) is 121 cm³/mol. The number of carbonyl (C=O) groups excluding carboxylic acids is 1. The lowest BCUT2D eigenvalue weighted by molar-refractivity contribution is 0.104. The number of unbranched alkanes of at least 4 members (excludes halogenated alkanes) is 2. The van der Waals surface area contributed by atoms with Crippen LogP contribution >= 0.6 is 15.9 Å². The summed E-state index contributed by atoms with van der Waals surface area (Å²) in [5, 5.41) is 2.58. The van der Waals surface area contributed by atoms with Crippen molar-refractivity contribution in [3.63, 3.8) is 0 Å². The number of halogens is 2. The quantitative estimate of drug-likeness (QED) is 0.220. The molecule has 0 N–H and O–H groups in total. The van der Waals surface area contributed by atoms with Gasteiger partial charge in [-0.05, 0) is 42.3 Å². The molecule has 0 aliphatic rings. The molecule has 29 heavy (non-hydrogen) atoms. The second kappa shape index (κ2) is 8.11. The van der Waals surface area contributed by atoms with Gasteiger partial charge in [0.05, 0.1) is 11.1 Å². The lowest BCUT2D eigenvalue weighted by atomic mass is 9.95. The van der Waals surface area contributed by atoms with Crippen molar-refractivity contribution < 1.29 is 9.18 Å². The summed E-state index contributed by atoms with van der Waals surface area (Å²) in [4.78, 5) is 13.7. The molecule has 148 valence electrons. The van der Waals surface area contributed by atoms with Gasteiger partial charge in [0.2, 0.25) is 0 Å². The minimum Gasteiger partial charge on any atom is -0.342 e. The number of fused-ring (bicyclic) bond motifs is 2. The summed E-state index contributed by atoms with van der Waals surface area (Å²) >= 11 is 3.57. The average molecular weight is 452 g/mol. The Morgan fingerprint density at radius 1 is 0.966 bits per heavy atom. The maximum atomic E-state index is 14.8. The highest BCUT2D eigenvalue weighted by Crippen LogP contribution is 2.33. The second-order valence-electron chi connectivity index (χ2n) is 7.42. The number of hydrogen-bond donors (Lipinski definition) is 0. The van der Waals surface area contributed by atoms with Crippen LogP contribution in [0.15, 0.2) is 59.1 Å². The molecule has 1 heterocycles. The number of nitrogens with zero attached hydrogens (tertiary/aromatic N) is 1. The van der Waals surface area contributed by atoms with Gasteiger partial charge in [-0.3, -0.25) is 4.79 Å². The molecule has 0 atom stereocenters. The van der Waals surface area contributed by atoms with Crippen LogP contribution in [-0.2, 0) is 6.54 Å². The van der Waals surface area contributed by atoms with Crippen LogP contribution in [0, 0.1) is 12.7 Å². The van der Waals surface area contributed by atoms with Crippen molar-refractivity contribution in [2.45, 2.75) is 39.7 Å². The average Bonchev–Trinajstić information content (AvgIpc) is 3.01. The van der Waals surface area contributed by atoms with E-state index in [1.54, 1.807) is 6.07 Å². The van der Waals surface area contributed by atoms with E-state index in [2.05, 4.69) is 22.9 Å². The molecule has 0 amide bonds. The Bertz CT molecular complexity index is 1220. The molecule has 0 fully saturated rings. The Morgan fingerprint density at radius 3 is 2.45 bits per heavy atom. The maximum absolute atomic E-state index is 14.8. The third-order valence-electron chi connectivity index (χ3n) is 5.62. The van der Waals surface area contributed by atoms with Crippen molar-refractivity contribution in [1.82, 2.24) is 4.57 Å². The number of ketones is 1. The van der Waals surface area contributed by atoms with Crippen molar-refractivity contribution >= 4 is 43.4 Å². The van der Waals surface area contributed by atoms with Crippen LogP contribution in [0.25, 0.3) is 21.7 Å². The number of carbonyl (C=O) groups is 1. The van der Waals surface area contributed by atoms with Gasteiger partial charge >= 0.3 is 0 Å². The first-order chi connectivity index (χ1) is 14.0. The predicted octanol–water partition coefficient (Wildman–Crippen LogP) is 7.43. The molecule has 2 nitrogen and oxygen atoms in total. The lowest BCUT2D eigenvalue weighted by Gasteiger charge is -2.10. The summed E-state index contributed by atoms with van der Waals surface area (Å²) < 4.78 is 17.7. The number of benzene rings is 3. The first kappa shape index (κ1) is 19.8. The third-order valence-corrected chi connectivity index (χ3v) is 6.31. The van der Waals surface area contributed by atoms with E-state index in [4.69, 9.17) is 0 Å². The SMILES string of the molecule is CCCCCn1c(C)c(C(=O)c2ccc(Br)c3ccccc23)c2cccc(F)c21. The van der Waals surface area contributed by atoms with E-state index in [0.29, 0.717) is 28.6 Å². The summed E-state index contributed by atoms with van der Waals surface area (Å²) in [5.41, 5.74) is 2.61. The largest absolute Gasteiger partial charge is 0.342 e. The standard InChI is InChI=1S/C25H23BrFNO/c1-3-4-7-15-28-16(2)23(20-11-8-12-22(27)24(20)28)25(29)19-13-14-21(26)18-10-6-5-9-17(18)19/h5-6,8-14H,3-4,7,15H2,1-2H3. The zero-order valence-corrected chi connectivity index (χ0v) is 18.2. The molecule has 4 aromatic rings. The molecule has 1 aromatic heterocycles. The van der Waals surface area contributed by atoms with Gasteiger partial charge < -0.3 is 4.57 Å². The Balaban J connectivity index is 1.93. The highest BCUT2D eigenvalue weighted by atomic mass is 79.9. The highest BCUT2D eigenvalue weighted by molar-refractivity contribution is 9.10. The van der Waals surface area contributed by atoms with Crippen molar-refractivity contribution in [2.24, 2.45) is 0 Å². The van der Waals surface area contributed by atoms with Gasteiger partial charge in [0, 0.05) is 27.7 Å². The molecule has 0 radical (unpaired) electrons. The van der Waals surface area contributed by atoms with Crippen LogP contribution in [0.4, 0.5) is 4.39 Å². The molecular weight excluding hydrogens is 429 g/mol. The van der Waals surface area contributed by atoms with E-state index in [1.807, 2.05) is 54.0 Å².